The zero-order valence-corrected chi connectivity index (χ0v) is 22.8. The van der Waals surface area contributed by atoms with Crippen LogP contribution in [0, 0.1) is 19.7 Å². The second-order valence-corrected chi connectivity index (χ2v) is 10.9. The van der Waals surface area contributed by atoms with Gasteiger partial charge in [-0.15, -0.1) is 5.10 Å². The number of hydrogen-bond acceptors (Lipinski definition) is 5. The van der Waals surface area contributed by atoms with E-state index in [1.54, 1.807) is 12.1 Å². The maximum Gasteiger partial charge on any atom is 0.253 e. The van der Waals surface area contributed by atoms with Crippen molar-refractivity contribution in [1.82, 2.24) is 30.1 Å². The third kappa shape index (κ3) is 5.31. The Hall–Kier alpha value is -4.17. The Morgan fingerprint density at radius 3 is 2.40 bits per heavy atom. The van der Waals surface area contributed by atoms with E-state index in [0.717, 1.165) is 58.8 Å². The summed E-state index contributed by atoms with van der Waals surface area (Å²) in [6.07, 6.45) is 4.28. The highest BCUT2D eigenvalue weighted by molar-refractivity contribution is 5.83. The number of benzene rings is 3. The molecule has 40 heavy (non-hydrogen) atoms. The number of tetrazole rings is 1. The molecule has 204 valence electrons. The zero-order valence-electron chi connectivity index (χ0n) is 22.8. The fourth-order valence-electron chi connectivity index (χ4n) is 6.08. The molecule has 0 aliphatic heterocycles. The molecule has 0 amide bonds. The van der Waals surface area contributed by atoms with E-state index >= 15 is 0 Å². The smallest absolute Gasteiger partial charge is 0.253 e. The lowest BCUT2D eigenvalue weighted by Crippen LogP contribution is -2.35. The minimum Gasteiger partial charge on any atom is -0.321 e. The standard InChI is InChI=1S/C32H33FN6O/c1-21-16-22(2)29-25(17-21)18-28(32(40)34-29)30(31-35-36-37-39(31)27-10-6-7-11-27)38(19-23-8-4-3-5-9-23)20-24-12-14-26(33)15-13-24/h3-5,8-9,12-18,27,30H,6-7,10-11,19-20H2,1-2H3,(H,34,40). The molecule has 1 atom stereocenters. The Bertz CT molecular complexity index is 1670. The lowest BCUT2D eigenvalue weighted by molar-refractivity contribution is 0.190. The van der Waals surface area contributed by atoms with Gasteiger partial charge in [0.05, 0.1) is 11.6 Å². The molecule has 1 fully saturated rings. The molecule has 0 spiro atoms. The number of halogens is 1. The van der Waals surface area contributed by atoms with E-state index in [1.807, 2.05) is 35.9 Å². The van der Waals surface area contributed by atoms with Gasteiger partial charge in [-0.2, -0.15) is 0 Å². The number of rotatable bonds is 8. The fraction of sp³-hybridized carbons (Fsp3) is 0.312. The Morgan fingerprint density at radius 1 is 0.975 bits per heavy atom. The van der Waals surface area contributed by atoms with E-state index < -0.39 is 6.04 Å². The number of aromatic nitrogens is 5. The largest absolute Gasteiger partial charge is 0.321 e. The van der Waals surface area contributed by atoms with Crippen LogP contribution in [0.4, 0.5) is 4.39 Å². The van der Waals surface area contributed by atoms with E-state index in [1.165, 1.54) is 12.1 Å². The van der Waals surface area contributed by atoms with Crippen LogP contribution in [0.3, 0.4) is 0 Å². The first-order valence-corrected chi connectivity index (χ1v) is 13.9. The topological polar surface area (TPSA) is 79.7 Å². The SMILES string of the molecule is Cc1cc(C)c2[nH]c(=O)c(C(c3nnnn3C3CCCC3)N(Cc3ccccc3)Cc3ccc(F)cc3)cc2c1. The highest BCUT2D eigenvalue weighted by Crippen LogP contribution is 2.35. The van der Waals surface area contributed by atoms with Crippen LogP contribution in [0.2, 0.25) is 0 Å². The van der Waals surface area contributed by atoms with Crippen molar-refractivity contribution in [2.24, 2.45) is 0 Å². The first-order valence-electron chi connectivity index (χ1n) is 13.9. The molecule has 2 heterocycles. The molecular formula is C32H33FN6O. The number of fused-ring (bicyclic) bond motifs is 1. The van der Waals surface area contributed by atoms with Crippen molar-refractivity contribution >= 4 is 10.9 Å². The molecule has 1 aliphatic rings. The lowest BCUT2D eigenvalue weighted by atomic mass is 9.99. The predicted molar refractivity (Wildman–Crippen MR) is 153 cm³/mol. The molecule has 8 heteroatoms. The van der Waals surface area contributed by atoms with Gasteiger partial charge in [0.15, 0.2) is 5.82 Å². The Balaban J connectivity index is 1.55. The van der Waals surface area contributed by atoms with E-state index in [-0.39, 0.29) is 17.4 Å². The van der Waals surface area contributed by atoms with Gasteiger partial charge in [-0.25, -0.2) is 9.07 Å². The van der Waals surface area contributed by atoms with Gasteiger partial charge in [0.25, 0.3) is 5.56 Å². The van der Waals surface area contributed by atoms with Crippen LogP contribution in [0.5, 0.6) is 0 Å². The van der Waals surface area contributed by atoms with Crippen molar-refractivity contribution in [3.63, 3.8) is 0 Å². The van der Waals surface area contributed by atoms with Crippen molar-refractivity contribution in [3.05, 3.63) is 123 Å². The van der Waals surface area contributed by atoms with Gasteiger partial charge >= 0.3 is 0 Å². The maximum absolute atomic E-state index is 13.9. The van der Waals surface area contributed by atoms with Crippen LogP contribution >= 0.6 is 0 Å². The molecule has 1 unspecified atom stereocenters. The van der Waals surface area contributed by atoms with Crippen LogP contribution in [-0.2, 0) is 13.1 Å². The van der Waals surface area contributed by atoms with Crippen molar-refractivity contribution in [1.29, 1.82) is 0 Å². The monoisotopic (exact) mass is 536 g/mol. The van der Waals surface area contributed by atoms with Gasteiger partial charge in [-0.1, -0.05) is 66.9 Å². The Kier molecular flexibility index (Phi) is 7.26. The van der Waals surface area contributed by atoms with Crippen molar-refractivity contribution in [3.8, 4) is 0 Å². The van der Waals surface area contributed by atoms with Gasteiger partial charge in [0.1, 0.15) is 11.9 Å². The van der Waals surface area contributed by atoms with Crippen LogP contribution in [0.1, 0.15) is 71.4 Å². The average molecular weight is 537 g/mol. The fourth-order valence-corrected chi connectivity index (χ4v) is 6.08. The summed E-state index contributed by atoms with van der Waals surface area (Å²) in [4.78, 5) is 19.3. The minimum atomic E-state index is -0.533. The Morgan fingerprint density at radius 2 is 1.68 bits per heavy atom. The quantitative estimate of drug-likeness (QED) is 0.256. The number of aryl methyl sites for hydroxylation is 2. The average Bonchev–Trinajstić information content (AvgIpc) is 3.64. The van der Waals surface area contributed by atoms with E-state index in [0.29, 0.717) is 24.5 Å². The summed E-state index contributed by atoms with van der Waals surface area (Å²) in [5.41, 5.74) is 5.44. The molecule has 0 bridgehead atoms. The molecule has 1 N–H and O–H groups in total. The molecule has 1 aliphatic carbocycles. The summed E-state index contributed by atoms with van der Waals surface area (Å²) in [7, 11) is 0. The van der Waals surface area contributed by atoms with Crippen LogP contribution in [-0.4, -0.2) is 30.1 Å². The third-order valence-corrected chi connectivity index (χ3v) is 7.94. The summed E-state index contributed by atoms with van der Waals surface area (Å²) < 4.78 is 15.8. The van der Waals surface area contributed by atoms with E-state index in [2.05, 4.69) is 56.6 Å². The lowest BCUT2D eigenvalue weighted by Gasteiger charge is -2.32. The van der Waals surface area contributed by atoms with Crippen LogP contribution in [0.25, 0.3) is 10.9 Å². The van der Waals surface area contributed by atoms with Crippen molar-refractivity contribution < 1.29 is 4.39 Å². The summed E-state index contributed by atoms with van der Waals surface area (Å²) in [6, 6.07) is 22.5. The summed E-state index contributed by atoms with van der Waals surface area (Å²) >= 11 is 0. The van der Waals surface area contributed by atoms with Crippen LogP contribution in [0.15, 0.2) is 77.6 Å². The molecule has 7 nitrogen and oxygen atoms in total. The molecule has 5 aromatic rings. The number of nitrogens with one attached hydrogen (secondary N) is 1. The highest BCUT2D eigenvalue weighted by Gasteiger charge is 2.33. The van der Waals surface area contributed by atoms with E-state index in [9.17, 15) is 9.18 Å². The summed E-state index contributed by atoms with van der Waals surface area (Å²) in [5, 5.41) is 14.1. The first-order chi connectivity index (χ1) is 19.5. The molecule has 3 aromatic carbocycles. The normalized spacial score (nSPS) is 14.8. The van der Waals surface area contributed by atoms with Gasteiger partial charge < -0.3 is 4.98 Å². The molecular weight excluding hydrogens is 503 g/mol. The van der Waals surface area contributed by atoms with Gasteiger partial charge in [-0.05, 0) is 83.5 Å². The first kappa shape index (κ1) is 26.1. The molecule has 6 rings (SSSR count). The van der Waals surface area contributed by atoms with Crippen molar-refractivity contribution in [2.75, 3.05) is 0 Å². The zero-order chi connectivity index (χ0) is 27.6. The number of H-pyrrole nitrogens is 1. The van der Waals surface area contributed by atoms with Crippen LogP contribution < -0.4 is 5.56 Å². The number of nitrogens with zero attached hydrogens (tertiary/aromatic N) is 5. The van der Waals surface area contributed by atoms with Gasteiger partial charge in [-0.3, -0.25) is 9.69 Å². The molecule has 2 aromatic heterocycles. The Labute approximate surface area is 232 Å². The minimum absolute atomic E-state index is 0.164. The third-order valence-electron chi connectivity index (χ3n) is 7.94. The van der Waals surface area contributed by atoms with Gasteiger partial charge in [0, 0.05) is 18.7 Å². The van der Waals surface area contributed by atoms with Crippen molar-refractivity contribution in [2.45, 2.75) is 64.7 Å². The molecule has 0 saturated heterocycles. The second kappa shape index (κ2) is 11.1. The van der Waals surface area contributed by atoms with Gasteiger partial charge in [0.2, 0.25) is 0 Å². The summed E-state index contributed by atoms with van der Waals surface area (Å²) in [6.45, 7) is 5.09. The maximum atomic E-state index is 13.9. The predicted octanol–water partition coefficient (Wildman–Crippen LogP) is 6.18. The molecule has 0 radical (unpaired) electrons. The number of hydrogen-bond donors (Lipinski definition) is 1. The number of aromatic amines is 1. The highest BCUT2D eigenvalue weighted by atomic mass is 19.1. The number of pyridine rings is 1. The molecule has 1 saturated carbocycles. The summed E-state index contributed by atoms with van der Waals surface area (Å²) in [5.74, 6) is 0.371. The van der Waals surface area contributed by atoms with E-state index in [4.69, 9.17) is 0 Å². The second-order valence-electron chi connectivity index (χ2n) is 10.9.